The summed E-state index contributed by atoms with van der Waals surface area (Å²) in [6.45, 7) is 3.37. The zero-order chi connectivity index (χ0) is 18.4. The van der Waals surface area contributed by atoms with Gasteiger partial charge in [-0.1, -0.05) is 18.2 Å². The minimum absolute atomic E-state index is 0.0304. The molecule has 0 N–H and O–H groups in total. The lowest BCUT2D eigenvalue weighted by Gasteiger charge is -2.30. The van der Waals surface area contributed by atoms with Gasteiger partial charge in [-0.25, -0.2) is 9.97 Å². The molecule has 0 bridgehead atoms. The smallest absolute Gasteiger partial charge is 0.274 e. The summed E-state index contributed by atoms with van der Waals surface area (Å²) >= 11 is 0. The van der Waals surface area contributed by atoms with Gasteiger partial charge in [-0.05, 0) is 43.5 Å². The second kappa shape index (κ2) is 6.23. The van der Waals surface area contributed by atoms with E-state index in [1.807, 2.05) is 65.0 Å². The average molecular weight is 360 g/mol. The molecule has 3 aromatic heterocycles. The lowest BCUT2D eigenvalue weighted by atomic mass is 9.98. The summed E-state index contributed by atoms with van der Waals surface area (Å²) in [6.07, 6.45) is 5.70. The molecule has 0 spiro atoms. The number of likely N-dealkylation sites (tertiary alicyclic amines) is 1. The van der Waals surface area contributed by atoms with Crippen LogP contribution in [-0.4, -0.2) is 38.3 Å². The van der Waals surface area contributed by atoms with Crippen LogP contribution in [0.4, 0.5) is 0 Å². The maximum atomic E-state index is 13.0. The Kier molecular flexibility index (Phi) is 3.70. The van der Waals surface area contributed by atoms with E-state index in [2.05, 4.69) is 9.97 Å². The van der Waals surface area contributed by atoms with E-state index < -0.39 is 0 Å². The van der Waals surface area contributed by atoms with Crippen LogP contribution in [0.15, 0.2) is 53.2 Å². The second-order valence-electron chi connectivity index (χ2n) is 7.21. The van der Waals surface area contributed by atoms with Crippen molar-refractivity contribution < 1.29 is 9.21 Å². The molecule has 6 nitrogen and oxygen atoms in total. The lowest BCUT2D eigenvalue weighted by Crippen LogP contribution is -2.39. The molecule has 0 aliphatic carbocycles. The summed E-state index contributed by atoms with van der Waals surface area (Å²) in [6, 6.07) is 11.7. The number of hydrogen-bond donors (Lipinski definition) is 0. The molecule has 1 fully saturated rings. The highest BCUT2D eigenvalue weighted by Crippen LogP contribution is 2.29. The third-order valence-electron chi connectivity index (χ3n) is 5.19. The van der Waals surface area contributed by atoms with Gasteiger partial charge in [-0.2, -0.15) is 0 Å². The quantitative estimate of drug-likeness (QED) is 0.545. The Bertz CT molecular complexity index is 1110. The van der Waals surface area contributed by atoms with Crippen LogP contribution in [0, 0.1) is 6.92 Å². The minimum Gasteiger partial charge on any atom is -0.440 e. The van der Waals surface area contributed by atoms with Crippen LogP contribution >= 0.6 is 0 Å². The lowest BCUT2D eigenvalue weighted by molar-refractivity contribution is 0.0693. The van der Waals surface area contributed by atoms with Gasteiger partial charge in [-0.15, -0.1) is 0 Å². The molecule has 1 aliphatic rings. The number of fused-ring (bicyclic) bond motifs is 2. The minimum atomic E-state index is -0.0304. The number of pyridine rings is 1. The van der Waals surface area contributed by atoms with Crippen molar-refractivity contribution in [2.75, 3.05) is 13.1 Å². The van der Waals surface area contributed by atoms with E-state index in [9.17, 15) is 4.79 Å². The number of benzene rings is 1. The number of nitrogens with zero attached hydrogens (tertiary/aromatic N) is 4. The van der Waals surface area contributed by atoms with E-state index in [1.165, 1.54) is 0 Å². The van der Waals surface area contributed by atoms with Crippen molar-refractivity contribution in [1.29, 1.82) is 0 Å². The molecule has 1 amide bonds. The fourth-order valence-corrected chi connectivity index (χ4v) is 3.80. The molecule has 1 aromatic carbocycles. The second-order valence-corrected chi connectivity index (χ2v) is 7.21. The van der Waals surface area contributed by atoms with Crippen LogP contribution in [0.2, 0.25) is 0 Å². The molecule has 0 radical (unpaired) electrons. The topological polar surface area (TPSA) is 63.6 Å². The van der Waals surface area contributed by atoms with Crippen LogP contribution in [0.3, 0.4) is 0 Å². The molecular weight excluding hydrogens is 340 g/mol. The molecule has 0 saturated carbocycles. The molecule has 27 heavy (non-hydrogen) atoms. The van der Waals surface area contributed by atoms with E-state index in [-0.39, 0.29) is 11.8 Å². The predicted molar refractivity (Wildman–Crippen MR) is 102 cm³/mol. The number of hydrogen-bond acceptors (Lipinski definition) is 4. The van der Waals surface area contributed by atoms with E-state index in [1.54, 1.807) is 0 Å². The van der Waals surface area contributed by atoms with Gasteiger partial charge in [0.2, 0.25) is 0 Å². The number of carbonyl (C=O) groups is 1. The van der Waals surface area contributed by atoms with Crippen LogP contribution < -0.4 is 0 Å². The number of amides is 1. The summed E-state index contributed by atoms with van der Waals surface area (Å²) in [5.74, 6) is 0.811. The largest absolute Gasteiger partial charge is 0.440 e. The van der Waals surface area contributed by atoms with Gasteiger partial charge in [-0.3, -0.25) is 4.79 Å². The monoisotopic (exact) mass is 360 g/mol. The number of rotatable bonds is 2. The number of aromatic nitrogens is 3. The highest BCUT2D eigenvalue weighted by Gasteiger charge is 2.29. The molecule has 1 aliphatic heterocycles. The third-order valence-corrected chi connectivity index (χ3v) is 5.19. The van der Waals surface area contributed by atoms with Gasteiger partial charge in [0.1, 0.15) is 16.9 Å². The molecule has 5 rings (SSSR count). The van der Waals surface area contributed by atoms with E-state index in [4.69, 9.17) is 4.42 Å². The first kappa shape index (κ1) is 16.1. The summed E-state index contributed by atoms with van der Waals surface area (Å²) in [5.41, 5.74) is 4.07. The molecule has 1 saturated heterocycles. The fraction of sp³-hybridized carbons (Fsp3) is 0.286. The van der Waals surface area contributed by atoms with Crippen LogP contribution in [0.5, 0.6) is 0 Å². The van der Waals surface area contributed by atoms with Crippen molar-refractivity contribution in [2.24, 2.45) is 0 Å². The first-order valence-corrected chi connectivity index (χ1v) is 9.27. The zero-order valence-electron chi connectivity index (χ0n) is 15.1. The SMILES string of the molecule is Cc1ccc2nc(C(=O)N3CCC[C@@H](c4nc5ccccc5o4)C3)cn2c1. The number of carbonyl (C=O) groups excluding carboxylic acids is 1. The van der Waals surface area contributed by atoms with Crippen LogP contribution in [0.1, 0.15) is 40.7 Å². The van der Waals surface area contributed by atoms with Crippen molar-refractivity contribution in [3.8, 4) is 0 Å². The van der Waals surface area contributed by atoms with Crippen molar-refractivity contribution in [1.82, 2.24) is 19.3 Å². The molecule has 4 heterocycles. The number of para-hydroxylation sites is 2. The normalized spacial score (nSPS) is 17.7. The molecule has 136 valence electrons. The molecule has 1 atom stereocenters. The number of aryl methyl sites for hydroxylation is 1. The predicted octanol–water partition coefficient (Wildman–Crippen LogP) is 3.80. The molecule has 6 heteroatoms. The van der Waals surface area contributed by atoms with Crippen molar-refractivity contribution in [3.05, 3.63) is 65.9 Å². The van der Waals surface area contributed by atoms with E-state index in [0.29, 0.717) is 12.2 Å². The summed E-state index contributed by atoms with van der Waals surface area (Å²) in [7, 11) is 0. The van der Waals surface area contributed by atoms with Gasteiger partial charge < -0.3 is 13.7 Å². The Hall–Kier alpha value is -3.15. The maximum Gasteiger partial charge on any atom is 0.274 e. The van der Waals surface area contributed by atoms with Gasteiger partial charge in [0.05, 0.1) is 5.92 Å². The summed E-state index contributed by atoms with van der Waals surface area (Å²) in [4.78, 5) is 24.0. The fourth-order valence-electron chi connectivity index (χ4n) is 3.80. The van der Waals surface area contributed by atoms with Crippen molar-refractivity contribution >= 4 is 22.7 Å². The Balaban J connectivity index is 1.40. The standard InChI is InChI=1S/C21H20N4O2/c1-14-8-9-19-22-17(13-25(19)11-14)21(26)24-10-4-5-15(12-24)20-23-16-6-2-3-7-18(16)27-20/h2-3,6-9,11,13,15H,4-5,10,12H2,1H3/t15-/m1/s1. The molecule has 4 aromatic rings. The van der Waals surface area contributed by atoms with Crippen molar-refractivity contribution in [2.45, 2.75) is 25.7 Å². The van der Waals surface area contributed by atoms with Gasteiger partial charge in [0.15, 0.2) is 11.5 Å². The Morgan fingerprint density at radius 1 is 1.15 bits per heavy atom. The van der Waals surface area contributed by atoms with Crippen LogP contribution in [0.25, 0.3) is 16.7 Å². The zero-order valence-corrected chi connectivity index (χ0v) is 15.1. The maximum absolute atomic E-state index is 13.0. The van der Waals surface area contributed by atoms with Gasteiger partial charge in [0.25, 0.3) is 5.91 Å². The van der Waals surface area contributed by atoms with Crippen LogP contribution in [-0.2, 0) is 0 Å². The summed E-state index contributed by atoms with van der Waals surface area (Å²) in [5, 5.41) is 0. The highest BCUT2D eigenvalue weighted by atomic mass is 16.3. The first-order chi connectivity index (χ1) is 13.2. The Labute approximate surface area is 156 Å². The third kappa shape index (κ3) is 2.87. The average Bonchev–Trinajstić information content (AvgIpc) is 3.31. The number of piperidine rings is 1. The summed E-state index contributed by atoms with van der Waals surface area (Å²) < 4.78 is 7.84. The van der Waals surface area contributed by atoms with Gasteiger partial charge >= 0.3 is 0 Å². The Morgan fingerprint density at radius 2 is 2.04 bits per heavy atom. The number of imidazole rings is 1. The molecule has 0 unspecified atom stereocenters. The van der Waals surface area contributed by atoms with Gasteiger partial charge in [0, 0.05) is 25.5 Å². The number of oxazole rings is 1. The first-order valence-electron chi connectivity index (χ1n) is 9.27. The Morgan fingerprint density at radius 3 is 2.93 bits per heavy atom. The highest BCUT2D eigenvalue weighted by molar-refractivity contribution is 5.93. The van der Waals surface area contributed by atoms with E-state index in [0.717, 1.165) is 47.6 Å². The van der Waals surface area contributed by atoms with E-state index >= 15 is 0 Å². The van der Waals surface area contributed by atoms with Crippen molar-refractivity contribution in [3.63, 3.8) is 0 Å². The molecular formula is C21H20N4O2.